The zero-order chi connectivity index (χ0) is 18.8. The van der Waals surface area contributed by atoms with Gasteiger partial charge >= 0.3 is 6.18 Å². The van der Waals surface area contributed by atoms with Crippen LogP contribution in [0.2, 0.25) is 0 Å². The van der Waals surface area contributed by atoms with Gasteiger partial charge in [-0.25, -0.2) is 0 Å². The number of carbonyl (C=O) groups is 1. The average molecular weight is 366 g/mol. The van der Waals surface area contributed by atoms with Crippen LogP contribution in [0.15, 0.2) is 48.8 Å². The highest BCUT2D eigenvalue weighted by Crippen LogP contribution is 2.39. The number of nitrogens with one attached hydrogen (secondary N) is 1. The predicted octanol–water partition coefficient (Wildman–Crippen LogP) is 2.69. The van der Waals surface area contributed by atoms with E-state index in [0.29, 0.717) is 11.3 Å². The number of hydrogen-bond acceptors (Lipinski definition) is 4. The lowest BCUT2D eigenvalue weighted by molar-refractivity contribution is -0.257. The Morgan fingerprint density at radius 2 is 1.92 bits per heavy atom. The summed E-state index contributed by atoms with van der Waals surface area (Å²) in [7, 11) is 0. The fourth-order valence-corrected chi connectivity index (χ4v) is 2.42. The topological polar surface area (TPSA) is 71.5 Å². The summed E-state index contributed by atoms with van der Waals surface area (Å²) in [5, 5.41) is 12.3. The van der Waals surface area contributed by atoms with Crippen LogP contribution in [0.4, 0.5) is 13.2 Å². The number of alkyl halides is 3. The lowest BCUT2D eigenvalue weighted by Crippen LogP contribution is -2.54. The van der Waals surface area contributed by atoms with E-state index in [4.69, 9.17) is 4.74 Å². The summed E-state index contributed by atoms with van der Waals surface area (Å²) < 4.78 is 45.9. The van der Waals surface area contributed by atoms with Gasteiger partial charge in [-0.05, 0) is 24.5 Å². The number of pyridine rings is 1. The molecule has 0 spiro atoms. The van der Waals surface area contributed by atoms with Gasteiger partial charge in [0.25, 0.3) is 11.5 Å². The molecule has 0 unspecified atom stereocenters. The summed E-state index contributed by atoms with van der Waals surface area (Å²) in [6.07, 6.45) is -0.203. The standard InChI is InChI=1S/C18H17F3N2O3/c19-18(20,21)17(25,13-4-2-1-3-5-13)16(24)23-10-12-8-15(11-22-9-12)26-14-6-7-14/h1-5,8-9,11,14,25H,6-7,10H2,(H,23,24)/t17-/m0/s1. The van der Waals surface area contributed by atoms with E-state index in [1.165, 1.54) is 30.6 Å². The van der Waals surface area contributed by atoms with Crippen molar-refractivity contribution in [3.63, 3.8) is 0 Å². The van der Waals surface area contributed by atoms with Gasteiger partial charge in [0.2, 0.25) is 0 Å². The maximum absolute atomic E-state index is 13.4. The molecule has 1 atom stereocenters. The molecule has 2 aromatic rings. The molecule has 0 saturated heterocycles. The molecular formula is C18H17F3N2O3. The number of hydrogen-bond donors (Lipinski definition) is 2. The fourth-order valence-electron chi connectivity index (χ4n) is 2.42. The maximum Gasteiger partial charge on any atom is 0.430 e. The number of benzene rings is 1. The van der Waals surface area contributed by atoms with Crippen molar-refractivity contribution < 1.29 is 27.8 Å². The first-order chi connectivity index (χ1) is 12.3. The van der Waals surface area contributed by atoms with Crippen LogP contribution in [0.3, 0.4) is 0 Å². The Bertz CT molecular complexity index is 779. The lowest BCUT2D eigenvalue weighted by atomic mass is 9.92. The van der Waals surface area contributed by atoms with Crippen molar-refractivity contribution >= 4 is 5.91 Å². The molecule has 1 fully saturated rings. The first-order valence-corrected chi connectivity index (χ1v) is 8.04. The van der Waals surface area contributed by atoms with Gasteiger partial charge in [0.05, 0.1) is 12.3 Å². The minimum atomic E-state index is -5.17. The number of carbonyl (C=O) groups excluding carboxylic acids is 1. The smallest absolute Gasteiger partial charge is 0.430 e. The minimum absolute atomic E-state index is 0.148. The molecule has 1 aromatic carbocycles. The van der Waals surface area contributed by atoms with E-state index >= 15 is 0 Å². The highest BCUT2D eigenvalue weighted by molar-refractivity contribution is 5.87. The predicted molar refractivity (Wildman–Crippen MR) is 86.1 cm³/mol. The highest BCUT2D eigenvalue weighted by Gasteiger charge is 2.60. The Morgan fingerprint density at radius 3 is 2.54 bits per heavy atom. The molecule has 1 amide bonds. The van der Waals surface area contributed by atoms with Crippen LogP contribution in [0, 0.1) is 0 Å². The van der Waals surface area contributed by atoms with E-state index in [1.807, 2.05) is 0 Å². The third-order valence-corrected chi connectivity index (χ3v) is 3.98. The van der Waals surface area contributed by atoms with Crippen molar-refractivity contribution in [2.24, 2.45) is 0 Å². The molecule has 1 aromatic heterocycles. The maximum atomic E-state index is 13.4. The van der Waals surface area contributed by atoms with E-state index in [2.05, 4.69) is 10.3 Å². The largest absolute Gasteiger partial charge is 0.489 e. The molecule has 1 aliphatic rings. The first-order valence-electron chi connectivity index (χ1n) is 8.04. The molecule has 138 valence electrons. The Labute approximate surface area is 147 Å². The van der Waals surface area contributed by atoms with Crippen LogP contribution in [0.25, 0.3) is 0 Å². The van der Waals surface area contributed by atoms with E-state index in [1.54, 1.807) is 6.07 Å². The molecule has 8 heteroatoms. The second-order valence-corrected chi connectivity index (χ2v) is 6.10. The van der Waals surface area contributed by atoms with Crippen molar-refractivity contribution in [2.75, 3.05) is 0 Å². The SMILES string of the molecule is O=C(NCc1cncc(OC2CC2)c1)[C@@](O)(c1ccccc1)C(F)(F)F. The van der Waals surface area contributed by atoms with Gasteiger partial charge in [-0.1, -0.05) is 30.3 Å². The van der Waals surface area contributed by atoms with E-state index in [-0.39, 0.29) is 12.6 Å². The van der Waals surface area contributed by atoms with Gasteiger partial charge in [-0.2, -0.15) is 13.2 Å². The third-order valence-electron chi connectivity index (χ3n) is 3.98. The number of aliphatic hydroxyl groups is 1. The number of rotatable bonds is 6. The normalized spacial score (nSPS) is 16.6. The van der Waals surface area contributed by atoms with E-state index in [0.717, 1.165) is 25.0 Å². The van der Waals surface area contributed by atoms with Crippen molar-refractivity contribution in [3.05, 3.63) is 59.9 Å². The van der Waals surface area contributed by atoms with Gasteiger partial charge in [0.1, 0.15) is 5.75 Å². The molecule has 0 aliphatic heterocycles. The third kappa shape index (κ3) is 3.80. The number of aromatic nitrogens is 1. The summed E-state index contributed by atoms with van der Waals surface area (Å²) in [5.41, 5.74) is -3.72. The molecule has 5 nitrogen and oxygen atoms in total. The molecule has 2 N–H and O–H groups in total. The number of nitrogens with zero attached hydrogens (tertiary/aromatic N) is 1. The molecule has 3 rings (SSSR count). The van der Waals surface area contributed by atoms with Gasteiger partial charge < -0.3 is 15.2 Å². The monoisotopic (exact) mass is 366 g/mol. The van der Waals surface area contributed by atoms with Crippen LogP contribution >= 0.6 is 0 Å². The van der Waals surface area contributed by atoms with Crippen LogP contribution in [-0.2, 0) is 16.9 Å². The van der Waals surface area contributed by atoms with Crippen molar-refractivity contribution in [1.82, 2.24) is 10.3 Å². The quantitative estimate of drug-likeness (QED) is 0.825. The molecule has 1 aliphatic carbocycles. The molecule has 0 radical (unpaired) electrons. The molecule has 1 heterocycles. The van der Waals surface area contributed by atoms with Gasteiger partial charge in [-0.3, -0.25) is 9.78 Å². The second-order valence-electron chi connectivity index (χ2n) is 6.10. The molecular weight excluding hydrogens is 349 g/mol. The van der Waals surface area contributed by atoms with Crippen LogP contribution in [0.1, 0.15) is 24.0 Å². The fraction of sp³-hybridized carbons (Fsp3) is 0.333. The van der Waals surface area contributed by atoms with Gasteiger partial charge in [0.15, 0.2) is 0 Å². The summed E-state index contributed by atoms with van der Waals surface area (Å²) >= 11 is 0. The van der Waals surface area contributed by atoms with Gasteiger partial charge in [-0.15, -0.1) is 0 Å². The Kier molecular flexibility index (Phi) is 4.86. The number of halogens is 3. The zero-order valence-electron chi connectivity index (χ0n) is 13.7. The van der Waals surface area contributed by atoms with Crippen LogP contribution in [0.5, 0.6) is 5.75 Å². The van der Waals surface area contributed by atoms with Crippen molar-refractivity contribution in [1.29, 1.82) is 0 Å². The molecule has 1 saturated carbocycles. The first kappa shape index (κ1) is 18.2. The number of ether oxygens (including phenoxy) is 1. The highest BCUT2D eigenvalue weighted by atomic mass is 19.4. The average Bonchev–Trinajstić information content (AvgIpc) is 3.43. The zero-order valence-corrected chi connectivity index (χ0v) is 13.7. The Morgan fingerprint density at radius 1 is 1.23 bits per heavy atom. The Balaban J connectivity index is 1.74. The second kappa shape index (κ2) is 6.95. The summed E-state index contributed by atoms with van der Waals surface area (Å²) in [6.45, 7) is -0.223. The van der Waals surface area contributed by atoms with Crippen molar-refractivity contribution in [2.45, 2.75) is 37.3 Å². The lowest BCUT2D eigenvalue weighted by Gasteiger charge is -2.29. The van der Waals surface area contributed by atoms with E-state index in [9.17, 15) is 23.1 Å². The number of amides is 1. The summed E-state index contributed by atoms with van der Waals surface area (Å²) in [6, 6.07) is 7.84. The molecule has 26 heavy (non-hydrogen) atoms. The van der Waals surface area contributed by atoms with Crippen molar-refractivity contribution in [3.8, 4) is 5.75 Å². The Hall–Kier alpha value is -2.61. The van der Waals surface area contributed by atoms with Crippen LogP contribution < -0.4 is 10.1 Å². The summed E-state index contributed by atoms with van der Waals surface area (Å²) in [4.78, 5) is 16.2. The van der Waals surface area contributed by atoms with Gasteiger partial charge in [0, 0.05) is 18.3 Å². The van der Waals surface area contributed by atoms with E-state index < -0.39 is 23.2 Å². The minimum Gasteiger partial charge on any atom is -0.489 e. The molecule has 0 bridgehead atoms. The summed E-state index contributed by atoms with van der Waals surface area (Å²) in [5.74, 6) is -1.06. The van der Waals surface area contributed by atoms with Crippen LogP contribution in [-0.4, -0.2) is 28.3 Å².